The second-order valence-electron chi connectivity index (χ2n) is 8.15. The molecule has 9 nitrogen and oxygen atoms in total. The van der Waals surface area contributed by atoms with Gasteiger partial charge < -0.3 is 14.4 Å². The highest BCUT2D eigenvalue weighted by Crippen LogP contribution is 2.42. The van der Waals surface area contributed by atoms with Crippen molar-refractivity contribution in [2.45, 2.75) is 45.9 Å². The van der Waals surface area contributed by atoms with Gasteiger partial charge in [0.1, 0.15) is 12.4 Å². The van der Waals surface area contributed by atoms with Crippen LogP contribution in [0.2, 0.25) is 0 Å². The predicted octanol–water partition coefficient (Wildman–Crippen LogP) is 2.74. The lowest BCUT2D eigenvalue weighted by Crippen LogP contribution is -2.44. The number of nitro benzene ring substituents is 1. The fourth-order valence-corrected chi connectivity index (χ4v) is 4.74. The zero-order chi connectivity index (χ0) is 23.1. The van der Waals surface area contributed by atoms with Gasteiger partial charge in [0.2, 0.25) is 0 Å². The number of nitrogens with zero attached hydrogens (tertiary/aromatic N) is 3. The Labute approximate surface area is 180 Å². The average molecular weight is 439 g/mol. The lowest BCUT2D eigenvalue weighted by atomic mass is 9.86. The topological polar surface area (TPSA) is 125 Å². The molecule has 0 radical (unpaired) electrons. The van der Waals surface area contributed by atoms with E-state index in [0.29, 0.717) is 22.5 Å². The van der Waals surface area contributed by atoms with Gasteiger partial charge in [0.05, 0.1) is 44.9 Å². The largest absolute Gasteiger partial charge is 0.458 e. The zero-order valence-corrected chi connectivity index (χ0v) is 17.5. The summed E-state index contributed by atoms with van der Waals surface area (Å²) in [6, 6.07) is 2.69. The van der Waals surface area contributed by atoms with Crippen molar-refractivity contribution in [2.24, 2.45) is 0 Å². The molecule has 0 fully saturated rings. The number of cyclic esters (lactones) is 1. The normalized spacial score (nSPS) is 18.8. The lowest BCUT2D eigenvalue weighted by molar-refractivity contribution is -0.383. The smallest absolute Gasteiger partial charge is 0.343 e. The van der Waals surface area contributed by atoms with Crippen molar-refractivity contribution in [2.75, 3.05) is 0 Å². The van der Waals surface area contributed by atoms with E-state index in [9.17, 15) is 29.2 Å². The van der Waals surface area contributed by atoms with E-state index in [0.717, 1.165) is 6.07 Å². The number of carbonyl (C=O) groups is 1. The minimum absolute atomic E-state index is 0.00937. The van der Waals surface area contributed by atoms with Gasteiger partial charge in [-0.2, -0.15) is 0 Å². The molecule has 0 bridgehead atoms. The number of hydrogen-bond acceptors (Lipinski definition) is 7. The molecule has 2 aliphatic heterocycles. The van der Waals surface area contributed by atoms with Gasteiger partial charge in [-0.25, -0.2) is 14.2 Å². The third-order valence-electron chi connectivity index (χ3n) is 6.60. The van der Waals surface area contributed by atoms with E-state index in [1.165, 1.54) is 11.5 Å². The summed E-state index contributed by atoms with van der Waals surface area (Å²) in [6.45, 7) is 4.48. The summed E-state index contributed by atoms with van der Waals surface area (Å²) < 4.78 is 20.9. The maximum Gasteiger partial charge on any atom is 0.343 e. The highest BCUT2D eigenvalue weighted by atomic mass is 19.1. The SMILES string of the molecule is CC[C@@]1(O)C(=O)OCc2c1cc1n(c2=O)Cc2c-1nc1cc(F)c(C)c([N+](=O)[O-])c1c2C. The van der Waals surface area contributed by atoms with Crippen LogP contribution in [0, 0.1) is 29.8 Å². The van der Waals surface area contributed by atoms with E-state index in [1.807, 2.05) is 0 Å². The molecule has 1 aromatic carbocycles. The summed E-state index contributed by atoms with van der Waals surface area (Å²) in [5.74, 6) is -1.58. The zero-order valence-electron chi connectivity index (χ0n) is 17.5. The van der Waals surface area contributed by atoms with Crippen LogP contribution in [-0.2, 0) is 28.3 Å². The van der Waals surface area contributed by atoms with Crippen molar-refractivity contribution >= 4 is 22.6 Å². The molecule has 0 spiro atoms. The van der Waals surface area contributed by atoms with Gasteiger partial charge in [-0.15, -0.1) is 0 Å². The van der Waals surface area contributed by atoms with E-state index < -0.39 is 27.9 Å². The van der Waals surface area contributed by atoms with E-state index in [-0.39, 0.29) is 52.9 Å². The Balaban J connectivity index is 1.86. The van der Waals surface area contributed by atoms with Crippen molar-refractivity contribution < 1.29 is 24.0 Å². The number of halogens is 1. The van der Waals surface area contributed by atoms with E-state index in [2.05, 4.69) is 4.98 Å². The molecule has 0 unspecified atom stereocenters. The molecule has 4 heterocycles. The minimum Gasteiger partial charge on any atom is -0.458 e. The number of aromatic nitrogens is 2. The molecule has 0 aliphatic carbocycles. The number of aliphatic hydroxyl groups is 1. The maximum atomic E-state index is 14.4. The van der Waals surface area contributed by atoms with Crippen LogP contribution in [0.25, 0.3) is 22.3 Å². The standard InChI is InChI=1S/C22H18FN3O6/c1-4-22(29)13-5-16-18-11(7-25(16)20(27)12(13)8-32-21(22)28)9(2)17-15(24-18)6-14(23)10(3)19(17)26(30)31/h5-6,29H,4,7-8H2,1-3H3/t22-/m0/s1. The number of esters is 1. The van der Waals surface area contributed by atoms with Crippen molar-refractivity contribution in [3.05, 3.63) is 66.2 Å². The fourth-order valence-electron chi connectivity index (χ4n) is 4.74. The molecule has 32 heavy (non-hydrogen) atoms. The Kier molecular flexibility index (Phi) is 4.07. The van der Waals surface area contributed by atoms with Gasteiger partial charge in [0.25, 0.3) is 11.2 Å². The molecule has 0 amide bonds. The van der Waals surface area contributed by atoms with Gasteiger partial charge in [-0.05, 0) is 31.9 Å². The molecule has 3 aromatic rings. The molecule has 164 valence electrons. The van der Waals surface area contributed by atoms with Crippen LogP contribution >= 0.6 is 0 Å². The first kappa shape index (κ1) is 20.3. The summed E-state index contributed by atoms with van der Waals surface area (Å²) in [5.41, 5.74) is -0.537. The Bertz CT molecular complexity index is 1460. The Morgan fingerprint density at radius 1 is 1.28 bits per heavy atom. The molecular formula is C22H18FN3O6. The second-order valence-corrected chi connectivity index (χ2v) is 8.15. The number of pyridine rings is 2. The maximum absolute atomic E-state index is 14.4. The van der Waals surface area contributed by atoms with Crippen LogP contribution < -0.4 is 5.56 Å². The summed E-state index contributed by atoms with van der Waals surface area (Å²) in [7, 11) is 0. The minimum atomic E-state index is -1.96. The van der Waals surface area contributed by atoms with E-state index in [1.54, 1.807) is 19.9 Å². The number of ether oxygens (including phenoxy) is 1. The molecule has 2 aliphatic rings. The van der Waals surface area contributed by atoms with Gasteiger partial charge >= 0.3 is 5.97 Å². The highest BCUT2D eigenvalue weighted by Gasteiger charge is 2.45. The van der Waals surface area contributed by atoms with Gasteiger partial charge in [0, 0.05) is 17.2 Å². The van der Waals surface area contributed by atoms with Crippen LogP contribution in [0.15, 0.2) is 16.9 Å². The summed E-state index contributed by atoms with van der Waals surface area (Å²) in [6.07, 6.45) is 0.00937. The summed E-state index contributed by atoms with van der Waals surface area (Å²) in [4.78, 5) is 41.1. The summed E-state index contributed by atoms with van der Waals surface area (Å²) in [5, 5.41) is 22.9. The molecular weight excluding hydrogens is 421 g/mol. The number of aryl methyl sites for hydroxylation is 1. The number of fused-ring (bicyclic) bond motifs is 5. The third kappa shape index (κ3) is 2.38. The van der Waals surface area contributed by atoms with Crippen LogP contribution in [0.4, 0.5) is 10.1 Å². The van der Waals surface area contributed by atoms with Crippen molar-refractivity contribution in [3.63, 3.8) is 0 Å². The molecule has 0 saturated heterocycles. The van der Waals surface area contributed by atoms with Gasteiger partial charge in [-0.3, -0.25) is 14.9 Å². The van der Waals surface area contributed by atoms with Crippen molar-refractivity contribution in [3.8, 4) is 11.4 Å². The fraction of sp³-hybridized carbons (Fsp3) is 0.318. The first-order valence-electron chi connectivity index (χ1n) is 10.0. The van der Waals surface area contributed by atoms with E-state index in [4.69, 9.17) is 4.74 Å². The molecule has 5 rings (SSSR count). The third-order valence-corrected chi connectivity index (χ3v) is 6.60. The monoisotopic (exact) mass is 439 g/mol. The molecule has 1 atom stereocenters. The highest BCUT2D eigenvalue weighted by molar-refractivity contribution is 5.96. The van der Waals surface area contributed by atoms with Crippen molar-refractivity contribution in [1.29, 1.82) is 0 Å². The Morgan fingerprint density at radius 2 is 2.00 bits per heavy atom. The van der Waals surface area contributed by atoms with Gasteiger partial charge in [0.15, 0.2) is 5.60 Å². The predicted molar refractivity (Wildman–Crippen MR) is 111 cm³/mol. The van der Waals surface area contributed by atoms with Crippen molar-refractivity contribution in [1.82, 2.24) is 9.55 Å². The summed E-state index contributed by atoms with van der Waals surface area (Å²) >= 11 is 0. The Morgan fingerprint density at radius 3 is 2.66 bits per heavy atom. The number of hydrogen-bond donors (Lipinski definition) is 1. The van der Waals surface area contributed by atoms with Gasteiger partial charge in [-0.1, -0.05) is 6.92 Å². The average Bonchev–Trinajstić information content (AvgIpc) is 3.12. The number of carbonyl (C=O) groups excluding carboxylic acids is 1. The quantitative estimate of drug-likeness (QED) is 0.289. The van der Waals surface area contributed by atoms with Crippen LogP contribution in [0.5, 0.6) is 0 Å². The first-order valence-corrected chi connectivity index (χ1v) is 10.0. The molecule has 10 heteroatoms. The number of nitro groups is 1. The number of rotatable bonds is 2. The van der Waals surface area contributed by atoms with E-state index >= 15 is 0 Å². The molecule has 2 aromatic heterocycles. The second kappa shape index (κ2) is 6.42. The lowest BCUT2D eigenvalue weighted by Gasteiger charge is -2.31. The Hall–Kier alpha value is -3.66. The number of benzene rings is 1. The molecule has 1 N–H and O–H groups in total. The van der Waals surface area contributed by atoms with Crippen LogP contribution in [0.1, 0.15) is 41.2 Å². The molecule has 0 saturated carbocycles. The van der Waals surface area contributed by atoms with Crippen LogP contribution in [-0.4, -0.2) is 25.6 Å². The van der Waals surface area contributed by atoms with Crippen LogP contribution in [0.3, 0.4) is 0 Å². The first-order chi connectivity index (χ1) is 15.1.